The van der Waals surface area contributed by atoms with Crippen LogP contribution in [0.4, 0.5) is 0 Å². The van der Waals surface area contributed by atoms with E-state index in [9.17, 15) is 14.4 Å². The Labute approximate surface area is 95.2 Å². The maximum absolute atomic E-state index is 11.7. The third-order valence-corrected chi connectivity index (χ3v) is 2.64. The quantitative estimate of drug-likeness (QED) is 0.654. The van der Waals surface area contributed by atoms with E-state index in [1.165, 1.54) is 7.05 Å². The van der Waals surface area contributed by atoms with Crippen LogP contribution in [0.5, 0.6) is 0 Å². The largest absolute Gasteiger partial charge is 0.344 e. The van der Waals surface area contributed by atoms with Gasteiger partial charge in [-0.1, -0.05) is 20.8 Å². The molecule has 0 aliphatic carbocycles. The fourth-order valence-corrected chi connectivity index (χ4v) is 1.42. The summed E-state index contributed by atoms with van der Waals surface area (Å²) in [6.07, 6.45) is 0.696. The zero-order valence-electron chi connectivity index (χ0n) is 10.2. The summed E-state index contributed by atoms with van der Waals surface area (Å²) in [5.41, 5.74) is -0.527. The minimum absolute atomic E-state index is 0.173. The maximum atomic E-state index is 11.7. The topological polar surface area (TPSA) is 66.5 Å². The molecule has 1 atom stereocenters. The second-order valence-electron chi connectivity index (χ2n) is 5.11. The lowest BCUT2D eigenvalue weighted by molar-refractivity contribution is -0.150. The molecule has 1 N–H and O–H groups in total. The van der Waals surface area contributed by atoms with E-state index >= 15 is 0 Å². The van der Waals surface area contributed by atoms with E-state index in [-0.39, 0.29) is 17.7 Å². The molecular weight excluding hydrogens is 208 g/mol. The highest BCUT2D eigenvalue weighted by molar-refractivity contribution is 6.01. The Bertz CT molecular complexity index is 331. The Kier molecular flexibility index (Phi) is 3.35. The van der Waals surface area contributed by atoms with Crippen LogP contribution in [-0.4, -0.2) is 35.7 Å². The van der Waals surface area contributed by atoms with Crippen molar-refractivity contribution < 1.29 is 14.4 Å². The van der Waals surface area contributed by atoms with Gasteiger partial charge in [-0.25, -0.2) is 0 Å². The molecule has 16 heavy (non-hydrogen) atoms. The van der Waals surface area contributed by atoms with E-state index in [4.69, 9.17) is 0 Å². The van der Waals surface area contributed by atoms with Gasteiger partial charge in [0.25, 0.3) is 5.91 Å². The summed E-state index contributed by atoms with van der Waals surface area (Å²) >= 11 is 0. The molecule has 1 heterocycles. The van der Waals surface area contributed by atoms with Crippen molar-refractivity contribution in [2.45, 2.75) is 39.7 Å². The zero-order valence-corrected chi connectivity index (χ0v) is 10.2. The minimum atomic E-state index is -0.561. The molecule has 1 fully saturated rings. The van der Waals surface area contributed by atoms with Gasteiger partial charge in [0.2, 0.25) is 11.8 Å². The number of likely N-dealkylation sites (N-methyl/N-ethyl adjacent to an activating group) is 1. The SMILES string of the molecule is CN1C(=O)CC[C@H](NC(=O)C(C)(C)C)C1=O. The number of piperidine rings is 1. The number of hydrogen-bond acceptors (Lipinski definition) is 3. The molecule has 0 aromatic heterocycles. The smallest absolute Gasteiger partial charge is 0.251 e. The van der Waals surface area contributed by atoms with Crippen LogP contribution in [0.2, 0.25) is 0 Å². The van der Waals surface area contributed by atoms with Crippen LogP contribution in [-0.2, 0) is 14.4 Å². The lowest BCUT2D eigenvalue weighted by Crippen LogP contribution is -2.54. The lowest BCUT2D eigenvalue weighted by Gasteiger charge is -2.30. The van der Waals surface area contributed by atoms with Crippen LogP contribution in [0, 0.1) is 5.41 Å². The Morgan fingerprint density at radius 3 is 2.44 bits per heavy atom. The molecule has 0 aromatic carbocycles. The van der Waals surface area contributed by atoms with Crippen molar-refractivity contribution in [1.82, 2.24) is 10.2 Å². The Morgan fingerprint density at radius 2 is 1.94 bits per heavy atom. The molecule has 0 saturated carbocycles. The molecule has 90 valence electrons. The standard InChI is InChI=1S/C11H18N2O3/c1-11(2,3)10(16)12-7-5-6-8(14)13(4)9(7)15/h7H,5-6H2,1-4H3,(H,12,16)/t7-/m0/s1. The molecule has 1 rings (SSSR count). The van der Waals surface area contributed by atoms with Gasteiger partial charge in [-0.3, -0.25) is 19.3 Å². The van der Waals surface area contributed by atoms with E-state index in [1.807, 2.05) is 0 Å². The van der Waals surface area contributed by atoms with Crippen LogP contribution >= 0.6 is 0 Å². The van der Waals surface area contributed by atoms with Crippen LogP contribution < -0.4 is 5.32 Å². The first-order valence-electron chi connectivity index (χ1n) is 5.35. The molecule has 0 radical (unpaired) electrons. The van der Waals surface area contributed by atoms with E-state index in [2.05, 4.69) is 5.32 Å². The lowest BCUT2D eigenvalue weighted by atomic mass is 9.94. The number of nitrogens with zero attached hydrogens (tertiary/aromatic N) is 1. The van der Waals surface area contributed by atoms with Gasteiger partial charge in [0.1, 0.15) is 6.04 Å². The summed E-state index contributed by atoms with van der Waals surface area (Å²) in [6.45, 7) is 5.35. The summed E-state index contributed by atoms with van der Waals surface area (Å²) in [5.74, 6) is -0.686. The van der Waals surface area contributed by atoms with Gasteiger partial charge in [-0.2, -0.15) is 0 Å². The summed E-state index contributed by atoms with van der Waals surface area (Å²) < 4.78 is 0. The number of nitrogens with one attached hydrogen (secondary N) is 1. The summed E-state index contributed by atoms with van der Waals surface area (Å²) in [4.78, 5) is 35.7. The minimum Gasteiger partial charge on any atom is -0.344 e. The molecule has 5 heteroatoms. The molecule has 0 spiro atoms. The number of imide groups is 1. The van der Waals surface area contributed by atoms with Crippen molar-refractivity contribution >= 4 is 17.7 Å². The predicted octanol–water partition coefficient (Wildman–Crippen LogP) is 0.296. The second-order valence-corrected chi connectivity index (χ2v) is 5.11. The third kappa shape index (κ3) is 2.59. The zero-order chi connectivity index (χ0) is 12.5. The Balaban J connectivity index is 2.66. The number of hydrogen-bond donors (Lipinski definition) is 1. The normalized spacial score (nSPS) is 22.2. The molecule has 5 nitrogen and oxygen atoms in total. The van der Waals surface area contributed by atoms with E-state index in [0.29, 0.717) is 12.8 Å². The van der Waals surface area contributed by atoms with Gasteiger partial charge < -0.3 is 5.32 Å². The molecular formula is C11H18N2O3. The van der Waals surface area contributed by atoms with Crippen LogP contribution in [0.1, 0.15) is 33.6 Å². The van der Waals surface area contributed by atoms with Crippen molar-refractivity contribution in [3.05, 3.63) is 0 Å². The highest BCUT2D eigenvalue weighted by Crippen LogP contribution is 2.16. The first-order chi connectivity index (χ1) is 7.23. The summed E-state index contributed by atoms with van der Waals surface area (Å²) in [5, 5.41) is 2.68. The summed E-state index contributed by atoms with van der Waals surface area (Å²) in [6, 6.07) is -0.561. The number of likely N-dealkylation sites (tertiary alicyclic amines) is 1. The first-order valence-corrected chi connectivity index (χ1v) is 5.35. The van der Waals surface area contributed by atoms with Crippen molar-refractivity contribution in [2.24, 2.45) is 5.41 Å². The molecule has 1 saturated heterocycles. The van der Waals surface area contributed by atoms with Gasteiger partial charge in [-0.15, -0.1) is 0 Å². The Morgan fingerprint density at radius 1 is 1.38 bits per heavy atom. The average molecular weight is 226 g/mol. The van der Waals surface area contributed by atoms with E-state index < -0.39 is 11.5 Å². The molecule has 1 aliphatic rings. The van der Waals surface area contributed by atoms with Crippen molar-refractivity contribution in [2.75, 3.05) is 7.05 Å². The van der Waals surface area contributed by atoms with Crippen molar-refractivity contribution in [1.29, 1.82) is 0 Å². The third-order valence-electron chi connectivity index (χ3n) is 2.64. The van der Waals surface area contributed by atoms with Crippen LogP contribution in [0.15, 0.2) is 0 Å². The van der Waals surface area contributed by atoms with Gasteiger partial charge >= 0.3 is 0 Å². The van der Waals surface area contributed by atoms with Gasteiger partial charge in [0.15, 0.2) is 0 Å². The van der Waals surface area contributed by atoms with Gasteiger partial charge in [-0.05, 0) is 6.42 Å². The fraction of sp³-hybridized carbons (Fsp3) is 0.727. The first kappa shape index (κ1) is 12.7. The van der Waals surface area contributed by atoms with Crippen molar-refractivity contribution in [3.8, 4) is 0 Å². The molecule has 0 aromatic rings. The van der Waals surface area contributed by atoms with E-state index in [0.717, 1.165) is 4.90 Å². The second kappa shape index (κ2) is 4.23. The van der Waals surface area contributed by atoms with Gasteiger partial charge in [0.05, 0.1) is 0 Å². The number of rotatable bonds is 1. The molecule has 3 amide bonds. The van der Waals surface area contributed by atoms with Crippen LogP contribution in [0.3, 0.4) is 0 Å². The number of amides is 3. The van der Waals surface area contributed by atoms with Crippen molar-refractivity contribution in [3.63, 3.8) is 0 Å². The number of carbonyl (C=O) groups is 3. The van der Waals surface area contributed by atoms with E-state index in [1.54, 1.807) is 20.8 Å². The monoisotopic (exact) mass is 226 g/mol. The maximum Gasteiger partial charge on any atom is 0.251 e. The Hall–Kier alpha value is -1.39. The number of carbonyl (C=O) groups excluding carboxylic acids is 3. The highest BCUT2D eigenvalue weighted by Gasteiger charge is 2.34. The van der Waals surface area contributed by atoms with Crippen LogP contribution in [0.25, 0.3) is 0 Å². The highest BCUT2D eigenvalue weighted by atomic mass is 16.2. The molecule has 1 aliphatic heterocycles. The molecule has 0 bridgehead atoms. The summed E-state index contributed by atoms with van der Waals surface area (Å²) in [7, 11) is 1.44. The predicted molar refractivity (Wildman–Crippen MR) is 58.4 cm³/mol. The average Bonchev–Trinajstić information content (AvgIpc) is 2.17. The fourth-order valence-electron chi connectivity index (χ4n) is 1.42. The molecule has 0 unspecified atom stereocenters. The van der Waals surface area contributed by atoms with Gasteiger partial charge in [0, 0.05) is 18.9 Å².